The summed E-state index contributed by atoms with van der Waals surface area (Å²) in [5, 5.41) is 1.86. The molecule has 0 aliphatic carbocycles. The quantitative estimate of drug-likeness (QED) is 0.812. The molecule has 0 bridgehead atoms. The van der Waals surface area contributed by atoms with Gasteiger partial charge in [0.15, 0.2) is 4.96 Å². The first-order valence-electron chi connectivity index (χ1n) is 8.29. The number of carbonyl (C=O) groups is 1. The molecule has 0 unspecified atom stereocenters. The normalized spacial score (nSPS) is 22.3. The van der Waals surface area contributed by atoms with Gasteiger partial charge >= 0.3 is 0 Å². The molecule has 0 saturated carbocycles. The Bertz CT molecular complexity index is 788. The van der Waals surface area contributed by atoms with Gasteiger partial charge < -0.3 is 9.64 Å². The topological polar surface area (TPSA) is 67.2 Å². The summed E-state index contributed by atoms with van der Waals surface area (Å²) in [4.78, 5) is 33.8. The number of hydrogen-bond acceptors (Lipinski definition) is 6. The summed E-state index contributed by atoms with van der Waals surface area (Å²) in [5.41, 5.74) is 0.754. The smallest absolute Gasteiger partial charge is 0.258 e. The lowest BCUT2D eigenvalue weighted by Gasteiger charge is -2.35. The summed E-state index contributed by atoms with van der Waals surface area (Å²) in [6.07, 6.45) is 3.32. The number of ether oxygens (including phenoxy) is 1. The molecule has 0 radical (unpaired) electrons. The molecule has 7 nitrogen and oxygen atoms in total. The maximum atomic E-state index is 12.4. The summed E-state index contributed by atoms with van der Waals surface area (Å²) < 4.78 is 7.05. The molecule has 1 atom stereocenters. The summed E-state index contributed by atoms with van der Waals surface area (Å²) in [5.74, 6) is 0.128. The van der Waals surface area contributed by atoms with Gasteiger partial charge in [-0.2, -0.15) is 0 Å². The number of rotatable bonds is 3. The van der Waals surface area contributed by atoms with Gasteiger partial charge in [-0.15, -0.1) is 11.3 Å². The zero-order valence-electron chi connectivity index (χ0n) is 13.4. The van der Waals surface area contributed by atoms with E-state index in [1.54, 1.807) is 16.7 Å². The van der Waals surface area contributed by atoms with E-state index in [1.807, 2.05) is 10.3 Å². The van der Waals surface area contributed by atoms with Crippen molar-refractivity contribution in [1.82, 2.24) is 19.2 Å². The third-order valence-corrected chi connectivity index (χ3v) is 5.39. The number of piperazine rings is 1. The molecular formula is C16H20N4O3S. The molecule has 2 aromatic heterocycles. The Morgan fingerprint density at radius 2 is 2.17 bits per heavy atom. The summed E-state index contributed by atoms with van der Waals surface area (Å²) in [6.45, 7) is 4.35. The van der Waals surface area contributed by atoms with Gasteiger partial charge in [0.2, 0.25) is 0 Å². The highest BCUT2D eigenvalue weighted by Crippen LogP contribution is 2.16. The van der Waals surface area contributed by atoms with Crippen LogP contribution in [0.25, 0.3) is 4.96 Å². The Balaban J connectivity index is 1.37. The zero-order valence-corrected chi connectivity index (χ0v) is 14.2. The minimum Gasteiger partial charge on any atom is -0.368 e. The van der Waals surface area contributed by atoms with Crippen LogP contribution in [0.3, 0.4) is 0 Å². The van der Waals surface area contributed by atoms with Gasteiger partial charge in [-0.25, -0.2) is 4.98 Å². The van der Waals surface area contributed by atoms with Crippen molar-refractivity contribution in [3.63, 3.8) is 0 Å². The fourth-order valence-corrected chi connectivity index (χ4v) is 4.04. The second-order valence-electron chi connectivity index (χ2n) is 6.24. The van der Waals surface area contributed by atoms with Crippen LogP contribution >= 0.6 is 11.3 Å². The highest BCUT2D eigenvalue weighted by molar-refractivity contribution is 7.15. The molecular weight excluding hydrogens is 328 g/mol. The van der Waals surface area contributed by atoms with Crippen LogP contribution in [0.2, 0.25) is 0 Å². The van der Waals surface area contributed by atoms with Gasteiger partial charge in [0.05, 0.1) is 5.69 Å². The first-order valence-corrected chi connectivity index (χ1v) is 9.17. The molecule has 24 heavy (non-hydrogen) atoms. The van der Waals surface area contributed by atoms with Crippen molar-refractivity contribution in [3.8, 4) is 0 Å². The summed E-state index contributed by atoms with van der Waals surface area (Å²) >= 11 is 1.46. The van der Waals surface area contributed by atoms with Crippen LogP contribution in [0.15, 0.2) is 22.4 Å². The van der Waals surface area contributed by atoms with Gasteiger partial charge in [-0.3, -0.25) is 18.9 Å². The fourth-order valence-electron chi connectivity index (χ4n) is 3.30. The standard InChI is InChI=1S/C16H20N4O3S/c21-14-10-12(17-16-20(14)7-9-24-16)11-18-3-5-19(6-4-18)15(22)13-2-1-8-23-13/h7,9-10,13H,1-6,8,11H2/t13-/m0/s1. The van der Waals surface area contributed by atoms with E-state index >= 15 is 0 Å². The van der Waals surface area contributed by atoms with E-state index in [2.05, 4.69) is 9.88 Å². The molecule has 8 heteroatoms. The lowest BCUT2D eigenvalue weighted by Crippen LogP contribution is -2.51. The number of fused-ring (bicyclic) bond motifs is 1. The van der Waals surface area contributed by atoms with Crippen LogP contribution in [-0.4, -0.2) is 64.0 Å². The maximum absolute atomic E-state index is 12.4. The summed E-state index contributed by atoms with van der Waals surface area (Å²) in [7, 11) is 0. The van der Waals surface area contributed by atoms with Crippen LogP contribution in [0.4, 0.5) is 0 Å². The lowest BCUT2D eigenvalue weighted by molar-refractivity contribution is -0.142. The molecule has 0 spiro atoms. The molecule has 0 N–H and O–H groups in total. The van der Waals surface area contributed by atoms with E-state index in [4.69, 9.17) is 4.74 Å². The Labute approximate surface area is 143 Å². The second-order valence-corrected chi connectivity index (χ2v) is 7.12. The molecule has 2 saturated heterocycles. The van der Waals surface area contributed by atoms with Crippen molar-refractivity contribution < 1.29 is 9.53 Å². The third kappa shape index (κ3) is 3.09. The molecule has 128 valence electrons. The van der Waals surface area contributed by atoms with E-state index in [1.165, 1.54) is 11.3 Å². The van der Waals surface area contributed by atoms with Crippen molar-refractivity contribution in [2.45, 2.75) is 25.5 Å². The minimum absolute atomic E-state index is 0.0385. The Kier molecular flexibility index (Phi) is 4.34. The lowest BCUT2D eigenvalue weighted by atomic mass is 10.2. The second kappa shape index (κ2) is 6.62. The Morgan fingerprint density at radius 1 is 1.33 bits per heavy atom. The van der Waals surface area contributed by atoms with E-state index in [-0.39, 0.29) is 17.6 Å². The Hall–Kier alpha value is -1.77. The Morgan fingerprint density at radius 3 is 2.92 bits per heavy atom. The predicted octanol–water partition coefficient (Wildman–Crippen LogP) is 0.579. The van der Waals surface area contributed by atoms with Crippen LogP contribution in [-0.2, 0) is 16.1 Å². The van der Waals surface area contributed by atoms with Gasteiger partial charge in [-0.1, -0.05) is 0 Å². The van der Waals surface area contributed by atoms with Gasteiger partial charge in [0.25, 0.3) is 11.5 Å². The first-order chi connectivity index (χ1) is 11.7. The number of thiazole rings is 1. The van der Waals surface area contributed by atoms with E-state index in [0.29, 0.717) is 26.2 Å². The number of carbonyl (C=O) groups excluding carboxylic acids is 1. The average Bonchev–Trinajstić information content (AvgIpc) is 3.26. The number of hydrogen-bond donors (Lipinski definition) is 0. The van der Waals surface area contributed by atoms with Gasteiger partial charge in [0.1, 0.15) is 6.10 Å². The van der Waals surface area contributed by atoms with Crippen molar-refractivity contribution in [2.75, 3.05) is 32.8 Å². The molecule has 2 fully saturated rings. The van der Waals surface area contributed by atoms with Gasteiger partial charge in [0, 0.05) is 57.0 Å². The van der Waals surface area contributed by atoms with Crippen molar-refractivity contribution >= 4 is 22.2 Å². The van der Waals surface area contributed by atoms with Crippen molar-refractivity contribution in [3.05, 3.63) is 33.7 Å². The largest absolute Gasteiger partial charge is 0.368 e. The SMILES string of the molecule is O=C([C@@H]1CCCO1)N1CCN(Cc2cc(=O)n3ccsc3n2)CC1. The third-order valence-electron chi connectivity index (χ3n) is 4.63. The number of aromatic nitrogens is 2. The summed E-state index contributed by atoms with van der Waals surface area (Å²) in [6, 6.07) is 1.60. The van der Waals surface area contributed by atoms with Crippen LogP contribution < -0.4 is 5.56 Å². The van der Waals surface area contributed by atoms with Crippen LogP contribution in [0, 0.1) is 0 Å². The molecule has 2 aromatic rings. The molecule has 1 amide bonds. The monoisotopic (exact) mass is 348 g/mol. The average molecular weight is 348 g/mol. The fraction of sp³-hybridized carbons (Fsp3) is 0.562. The number of nitrogens with zero attached hydrogens (tertiary/aromatic N) is 4. The van der Waals surface area contributed by atoms with Crippen LogP contribution in [0.5, 0.6) is 0 Å². The predicted molar refractivity (Wildman–Crippen MR) is 90.2 cm³/mol. The van der Waals surface area contributed by atoms with E-state index in [0.717, 1.165) is 36.6 Å². The highest BCUT2D eigenvalue weighted by atomic mass is 32.1. The van der Waals surface area contributed by atoms with E-state index < -0.39 is 0 Å². The first kappa shape index (κ1) is 15.7. The molecule has 2 aliphatic rings. The van der Waals surface area contributed by atoms with Crippen LogP contribution in [0.1, 0.15) is 18.5 Å². The maximum Gasteiger partial charge on any atom is 0.258 e. The molecule has 4 heterocycles. The molecule has 2 aliphatic heterocycles. The molecule has 4 rings (SSSR count). The number of amides is 1. The van der Waals surface area contributed by atoms with Crippen molar-refractivity contribution in [2.24, 2.45) is 0 Å². The highest BCUT2D eigenvalue weighted by Gasteiger charge is 2.30. The van der Waals surface area contributed by atoms with E-state index in [9.17, 15) is 9.59 Å². The van der Waals surface area contributed by atoms with Gasteiger partial charge in [-0.05, 0) is 12.8 Å². The van der Waals surface area contributed by atoms with Crippen molar-refractivity contribution in [1.29, 1.82) is 0 Å². The zero-order chi connectivity index (χ0) is 16.5. The minimum atomic E-state index is -0.237. The molecule has 0 aromatic carbocycles.